The lowest BCUT2D eigenvalue weighted by Crippen LogP contribution is -2.05. The zero-order chi connectivity index (χ0) is 19.1. The summed E-state index contributed by atoms with van der Waals surface area (Å²) in [6.45, 7) is 6.05. The topological polar surface area (TPSA) is 49.4 Å². The minimum Gasteiger partial charge on any atom is -0.490 e. The van der Waals surface area contributed by atoms with E-state index in [0.29, 0.717) is 13.2 Å². The summed E-state index contributed by atoms with van der Waals surface area (Å²) in [5.74, 6) is 1.48. The predicted molar refractivity (Wildman–Crippen MR) is 107 cm³/mol. The fourth-order valence-electron chi connectivity index (χ4n) is 4.17. The quantitative estimate of drug-likeness (QED) is 0.497. The standard InChI is InChI=1S/C23H22N2O3/c1-3-25-12-18(16-8-5-6-10-19(16)25)21-17-9-7-11-20(26-4-2)23(17)27-13-15-14-28-24-22(15)21/h5-12,14,21H,3-4,13H2,1-2H3. The summed E-state index contributed by atoms with van der Waals surface area (Å²) in [5.41, 5.74) is 5.35. The number of para-hydroxylation sites is 2. The summed E-state index contributed by atoms with van der Waals surface area (Å²) in [6, 6.07) is 14.6. The van der Waals surface area contributed by atoms with Crippen LogP contribution in [0.5, 0.6) is 11.5 Å². The maximum atomic E-state index is 6.18. The minimum atomic E-state index is -0.0793. The third-order valence-electron chi connectivity index (χ3n) is 5.41. The van der Waals surface area contributed by atoms with Gasteiger partial charge in [0.2, 0.25) is 0 Å². The van der Waals surface area contributed by atoms with Crippen LogP contribution >= 0.6 is 0 Å². The predicted octanol–water partition coefficient (Wildman–Crippen LogP) is 5.12. The molecular weight excluding hydrogens is 352 g/mol. The van der Waals surface area contributed by atoms with E-state index < -0.39 is 0 Å². The van der Waals surface area contributed by atoms with Gasteiger partial charge in [-0.1, -0.05) is 35.5 Å². The van der Waals surface area contributed by atoms with E-state index in [9.17, 15) is 0 Å². The molecule has 2 aromatic heterocycles. The average Bonchev–Trinajstić information content (AvgIpc) is 3.30. The first kappa shape index (κ1) is 16.9. The van der Waals surface area contributed by atoms with E-state index in [-0.39, 0.29) is 5.92 Å². The van der Waals surface area contributed by atoms with Gasteiger partial charge in [0.15, 0.2) is 11.5 Å². The molecule has 0 N–H and O–H groups in total. The molecule has 0 saturated carbocycles. The fourth-order valence-corrected chi connectivity index (χ4v) is 4.17. The van der Waals surface area contributed by atoms with E-state index in [0.717, 1.165) is 34.9 Å². The van der Waals surface area contributed by atoms with Crippen molar-refractivity contribution in [3.8, 4) is 11.5 Å². The Bertz CT molecular complexity index is 1140. The maximum Gasteiger partial charge on any atom is 0.165 e. The second-order valence-corrected chi connectivity index (χ2v) is 6.94. The molecule has 28 heavy (non-hydrogen) atoms. The molecule has 1 aliphatic heterocycles. The van der Waals surface area contributed by atoms with Gasteiger partial charge < -0.3 is 18.6 Å². The molecule has 3 heterocycles. The number of fused-ring (bicyclic) bond motifs is 3. The van der Waals surface area contributed by atoms with Crippen molar-refractivity contribution in [2.45, 2.75) is 32.9 Å². The molecule has 0 aliphatic carbocycles. The molecular formula is C23H22N2O3. The first-order chi connectivity index (χ1) is 13.8. The molecule has 0 fully saturated rings. The van der Waals surface area contributed by atoms with Crippen LogP contribution in [0.25, 0.3) is 10.9 Å². The highest BCUT2D eigenvalue weighted by molar-refractivity contribution is 5.86. The van der Waals surface area contributed by atoms with Crippen LogP contribution in [0.2, 0.25) is 0 Å². The van der Waals surface area contributed by atoms with Gasteiger partial charge >= 0.3 is 0 Å². The van der Waals surface area contributed by atoms with Crippen molar-refractivity contribution in [2.24, 2.45) is 0 Å². The van der Waals surface area contributed by atoms with E-state index in [1.165, 1.54) is 16.5 Å². The van der Waals surface area contributed by atoms with E-state index in [4.69, 9.17) is 14.0 Å². The Morgan fingerprint density at radius 3 is 2.86 bits per heavy atom. The lowest BCUT2D eigenvalue weighted by atomic mass is 9.86. The van der Waals surface area contributed by atoms with Gasteiger partial charge in [-0.2, -0.15) is 0 Å². The van der Waals surface area contributed by atoms with Crippen LogP contribution in [0, 0.1) is 0 Å². The SMILES string of the molecule is CCOc1cccc2c1OCc1conc1C2c1cn(CC)c2ccccc12. The smallest absolute Gasteiger partial charge is 0.165 e. The Morgan fingerprint density at radius 1 is 1.11 bits per heavy atom. The Kier molecular flexibility index (Phi) is 4.08. The van der Waals surface area contributed by atoms with Crippen LogP contribution in [0.3, 0.4) is 0 Å². The molecule has 0 bridgehead atoms. The monoisotopic (exact) mass is 374 g/mol. The number of rotatable bonds is 4. The number of hydrogen-bond acceptors (Lipinski definition) is 4. The van der Waals surface area contributed by atoms with Gasteiger partial charge in [0, 0.05) is 29.2 Å². The maximum absolute atomic E-state index is 6.18. The van der Waals surface area contributed by atoms with Crippen LogP contribution in [0.15, 0.2) is 59.4 Å². The summed E-state index contributed by atoms with van der Waals surface area (Å²) in [4.78, 5) is 0. The van der Waals surface area contributed by atoms with Crippen molar-refractivity contribution in [3.05, 3.63) is 77.3 Å². The van der Waals surface area contributed by atoms with Crippen LogP contribution in [0.4, 0.5) is 0 Å². The molecule has 0 radical (unpaired) electrons. The molecule has 1 atom stereocenters. The zero-order valence-corrected chi connectivity index (χ0v) is 16.0. The molecule has 5 nitrogen and oxygen atoms in total. The number of aryl methyl sites for hydroxylation is 1. The largest absolute Gasteiger partial charge is 0.490 e. The number of ether oxygens (including phenoxy) is 2. The zero-order valence-electron chi connectivity index (χ0n) is 16.0. The normalized spacial score (nSPS) is 15.6. The summed E-state index contributed by atoms with van der Waals surface area (Å²) in [7, 11) is 0. The van der Waals surface area contributed by atoms with Crippen LogP contribution in [-0.2, 0) is 13.2 Å². The lowest BCUT2D eigenvalue weighted by molar-refractivity contribution is 0.268. The molecule has 2 aromatic carbocycles. The van der Waals surface area contributed by atoms with Crippen LogP contribution < -0.4 is 9.47 Å². The Balaban J connectivity index is 1.80. The van der Waals surface area contributed by atoms with Gasteiger partial charge in [0.1, 0.15) is 18.6 Å². The highest BCUT2D eigenvalue weighted by atomic mass is 16.5. The van der Waals surface area contributed by atoms with Crippen molar-refractivity contribution in [2.75, 3.05) is 6.61 Å². The first-order valence-electron chi connectivity index (χ1n) is 9.71. The summed E-state index contributed by atoms with van der Waals surface area (Å²) < 4.78 is 19.7. The summed E-state index contributed by atoms with van der Waals surface area (Å²) in [5, 5.41) is 5.61. The third-order valence-corrected chi connectivity index (χ3v) is 5.41. The van der Waals surface area contributed by atoms with Crippen molar-refractivity contribution in [1.82, 2.24) is 9.72 Å². The molecule has 5 heteroatoms. The summed E-state index contributed by atoms with van der Waals surface area (Å²) in [6.07, 6.45) is 3.92. The van der Waals surface area contributed by atoms with E-state index in [1.54, 1.807) is 6.26 Å². The number of hydrogen-bond donors (Lipinski definition) is 0. The van der Waals surface area contributed by atoms with Crippen molar-refractivity contribution < 1.29 is 14.0 Å². The molecule has 1 aliphatic rings. The third kappa shape index (κ3) is 2.50. The Labute approximate surface area is 163 Å². The molecule has 0 amide bonds. The van der Waals surface area contributed by atoms with E-state index >= 15 is 0 Å². The highest BCUT2D eigenvalue weighted by Gasteiger charge is 2.33. The number of benzene rings is 2. The fraction of sp³-hybridized carbons (Fsp3) is 0.261. The Morgan fingerprint density at radius 2 is 2.00 bits per heavy atom. The summed E-state index contributed by atoms with van der Waals surface area (Å²) >= 11 is 0. The molecule has 0 spiro atoms. The highest BCUT2D eigenvalue weighted by Crippen LogP contribution is 2.46. The first-order valence-corrected chi connectivity index (χ1v) is 9.71. The molecule has 1 unspecified atom stereocenters. The van der Waals surface area contributed by atoms with Crippen LogP contribution in [-0.4, -0.2) is 16.3 Å². The van der Waals surface area contributed by atoms with E-state index in [2.05, 4.69) is 53.2 Å². The van der Waals surface area contributed by atoms with Crippen molar-refractivity contribution in [3.63, 3.8) is 0 Å². The average molecular weight is 374 g/mol. The second-order valence-electron chi connectivity index (χ2n) is 6.94. The lowest BCUT2D eigenvalue weighted by Gasteiger charge is -2.18. The van der Waals surface area contributed by atoms with Gasteiger partial charge in [0.25, 0.3) is 0 Å². The number of nitrogens with zero attached hydrogens (tertiary/aromatic N) is 2. The van der Waals surface area contributed by atoms with Crippen molar-refractivity contribution >= 4 is 10.9 Å². The van der Waals surface area contributed by atoms with Gasteiger partial charge in [-0.3, -0.25) is 0 Å². The van der Waals surface area contributed by atoms with Crippen LogP contribution in [0.1, 0.15) is 42.1 Å². The van der Waals surface area contributed by atoms with Gasteiger partial charge in [0.05, 0.1) is 18.1 Å². The molecule has 4 aromatic rings. The number of aromatic nitrogens is 2. The Hall–Kier alpha value is -3.21. The molecule has 142 valence electrons. The van der Waals surface area contributed by atoms with Gasteiger partial charge in [-0.05, 0) is 31.5 Å². The molecule has 0 saturated heterocycles. The van der Waals surface area contributed by atoms with Crippen molar-refractivity contribution in [1.29, 1.82) is 0 Å². The van der Waals surface area contributed by atoms with Gasteiger partial charge in [-0.15, -0.1) is 0 Å². The van der Waals surface area contributed by atoms with Gasteiger partial charge in [-0.25, -0.2) is 0 Å². The second kappa shape index (κ2) is 6.75. The van der Waals surface area contributed by atoms with E-state index in [1.807, 2.05) is 19.1 Å². The molecule has 5 rings (SSSR count). The minimum absolute atomic E-state index is 0.0793.